The van der Waals surface area contributed by atoms with Gasteiger partial charge in [-0.05, 0) is 0 Å². The van der Waals surface area contributed by atoms with Gasteiger partial charge in [-0.25, -0.2) is 18.1 Å². The van der Waals surface area contributed by atoms with E-state index in [1.807, 2.05) is 0 Å². The van der Waals surface area contributed by atoms with Gasteiger partial charge in [-0.2, -0.15) is 15.3 Å². The minimum atomic E-state index is -3.30. The summed E-state index contributed by atoms with van der Waals surface area (Å²) in [6.07, 6.45) is 5.06. The van der Waals surface area contributed by atoms with Gasteiger partial charge in [0.05, 0.1) is 12.4 Å². The van der Waals surface area contributed by atoms with Crippen molar-refractivity contribution in [2.75, 3.05) is 6.26 Å². The van der Waals surface area contributed by atoms with Gasteiger partial charge in [-0.15, -0.1) is 0 Å². The van der Waals surface area contributed by atoms with Crippen molar-refractivity contribution < 1.29 is 8.42 Å². The van der Waals surface area contributed by atoms with Crippen LogP contribution in [0.5, 0.6) is 0 Å². The number of hydrogen-bond acceptors (Lipinski definition) is 6. The summed E-state index contributed by atoms with van der Waals surface area (Å²) in [5.74, 6) is 0.338. The maximum atomic E-state index is 11.3. The van der Waals surface area contributed by atoms with Gasteiger partial charge < -0.3 is 0 Å². The quantitative estimate of drug-likeness (QED) is 0.738. The fourth-order valence-electron chi connectivity index (χ4n) is 1.15. The summed E-state index contributed by atoms with van der Waals surface area (Å²) < 4.78 is 23.8. The zero-order valence-corrected chi connectivity index (χ0v) is 9.59. The summed E-state index contributed by atoms with van der Waals surface area (Å²) in [6, 6.07) is 3.32. The first-order valence-electron chi connectivity index (χ1n) is 4.49. The molecule has 0 spiro atoms. The number of sulfone groups is 1. The first-order valence-corrected chi connectivity index (χ1v) is 6.38. The molecule has 0 amide bonds. The molecule has 2 aromatic heterocycles. The number of nitrogens with zero attached hydrogens (tertiary/aromatic N) is 5. The van der Waals surface area contributed by atoms with Gasteiger partial charge in [0.1, 0.15) is 11.0 Å². The molecule has 17 heavy (non-hydrogen) atoms. The zero-order chi connectivity index (χ0) is 12.5. The number of nitriles is 1. The third-order valence-electron chi connectivity index (χ3n) is 1.96. The van der Waals surface area contributed by atoms with E-state index in [0.29, 0.717) is 5.82 Å². The van der Waals surface area contributed by atoms with Crippen LogP contribution < -0.4 is 0 Å². The van der Waals surface area contributed by atoms with Crippen LogP contribution in [0.15, 0.2) is 29.6 Å². The fraction of sp³-hybridized carbons (Fsp3) is 0.111. The predicted molar refractivity (Wildman–Crippen MR) is 57.0 cm³/mol. The third kappa shape index (κ3) is 2.29. The second-order valence-electron chi connectivity index (χ2n) is 3.24. The summed E-state index contributed by atoms with van der Waals surface area (Å²) in [6.45, 7) is 0. The summed E-state index contributed by atoms with van der Waals surface area (Å²) in [5.41, 5.74) is 0. The molecule has 0 unspecified atom stereocenters. The second-order valence-corrected chi connectivity index (χ2v) is 5.26. The summed E-state index contributed by atoms with van der Waals surface area (Å²) in [4.78, 5) is 7.69. The zero-order valence-electron chi connectivity index (χ0n) is 8.77. The van der Waals surface area contributed by atoms with Crippen LogP contribution in [0.3, 0.4) is 0 Å². The van der Waals surface area contributed by atoms with Gasteiger partial charge in [-0.3, -0.25) is 0 Å². The third-order valence-corrected chi connectivity index (χ3v) is 3.03. The molecule has 0 aliphatic rings. The fourth-order valence-corrected chi connectivity index (χ4v) is 1.68. The van der Waals surface area contributed by atoms with Gasteiger partial charge in [-0.1, -0.05) is 0 Å². The first-order chi connectivity index (χ1) is 8.00. The van der Waals surface area contributed by atoms with Crippen molar-refractivity contribution in [3.05, 3.63) is 30.5 Å². The normalized spacial score (nSPS) is 11.1. The summed E-state index contributed by atoms with van der Waals surface area (Å²) >= 11 is 0. The molecule has 7 nitrogen and oxygen atoms in total. The van der Waals surface area contributed by atoms with Crippen LogP contribution in [-0.2, 0) is 9.84 Å². The maximum absolute atomic E-state index is 11.3. The predicted octanol–water partition coefficient (Wildman–Crippen LogP) is -0.0625. The molecule has 0 saturated heterocycles. The lowest BCUT2D eigenvalue weighted by molar-refractivity contribution is 0.602. The van der Waals surface area contributed by atoms with E-state index >= 15 is 0 Å². The van der Waals surface area contributed by atoms with Crippen LogP contribution in [0, 0.1) is 11.3 Å². The lowest BCUT2D eigenvalue weighted by atomic mass is 10.5. The van der Waals surface area contributed by atoms with E-state index in [4.69, 9.17) is 5.26 Å². The molecule has 86 valence electrons. The molecule has 0 bridgehead atoms. The average Bonchev–Trinajstić information content (AvgIpc) is 2.78. The minimum absolute atomic E-state index is 0.00101. The molecule has 2 rings (SSSR count). The van der Waals surface area contributed by atoms with E-state index in [1.54, 1.807) is 6.07 Å². The number of aromatic nitrogens is 4. The molecule has 2 heterocycles. The van der Waals surface area contributed by atoms with Crippen molar-refractivity contribution in [1.82, 2.24) is 19.7 Å². The molecule has 0 atom stereocenters. The highest BCUT2D eigenvalue weighted by atomic mass is 32.2. The molecule has 0 fully saturated rings. The van der Waals surface area contributed by atoms with Gasteiger partial charge in [0.25, 0.3) is 0 Å². The molecular weight excluding hydrogens is 242 g/mol. The van der Waals surface area contributed by atoms with Crippen molar-refractivity contribution in [2.45, 2.75) is 4.90 Å². The largest absolute Gasteiger partial charge is 0.234 e. The smallest absolute Gasteiger partial charge is 0.227 e. The Labute approximate surface area is 97.3 Å². The monoisotopic (exact) mass is 249 g/mol. The van der Waals surface area contributed by atoms with Crippen LogP contribution >= 0.6 is 0 Å². The second kappa shape index (κ2) is 3.95. The molecule has 0 aliphatic heterocycles. The molecule has 0 saturated carbocycles. The van der Waals surface area contributed by atoms with Gasteiger partial charge in [0.2, 0.25) is 5.82 Å². The molecule has 2 aromatic rings. The molecule has 0 aromatic carbocycles. The van der Waals surface area contributed by atoms with E-state index < -0.39 is 9.84 Å². The van der Waals surface area contributed by atoms with Crippen molar-refractivity contribution in [3.63, 3.8) is 0 Å². The highest BCUT2D eigenvalue weighted by molar-refractivity contribution is 7.90. The highest BCUT2D eigenvalue weighted by Crippen LogP contribution is 2.10. The van der Waals surface area contributed by atoms with E-state index in [0.717, 1.165) is 6.26 Å². The van der Waals surface area contributed by atoms with E-state index in [1.165, 1.54) is 29.3 Å². The Hall–Kier alpha value is -2.27. The van der Waals surface area contributed by atoms with E-state index in [9.17, 15) is 8.42 Å². The van der Waals surface area contributed by atoms with E-state index in [2.05, 4.69) is 15.1 Å². The van der Waals surface area contributed by atoms with Crippen molar-refractivity contribution in [2.24, 2.45) is 0 Å². The van der Waals surface area contributed by atoms with Gasteiger partial charge >= 0.3 is 0 Å². The average molecular weight is 249 g/mol. The van der Waals surface area contributed by atoms with Crippen molar-refractivity contribution in [3.8, 4) is 11.9 Å². The lowest BCUT2D eigenvalue weighted by Gasteiger charge is -1.98. The van der Waals surface area contributed by atoms with Gasteiger partial charge in [0, 0.05) is 18.5 Å². The van der Waals surface area contributed by atoms with Crippen molar-refractivity contribution in [1.29, 1.82) is 5.26 Å². The Bertz CT molecular complexity index is 698. The van der Waals surface area contributed by atoms with Crippen LogP contribution in [0.25, 0.3) is 5.82 Å². The Morgan fingerprint density at radius 1 is 1.47 bits per heavy atom. The molecular formula is C9H7N5O2S. The van der Waals surface area contributed by atoms with Crippen LogP contribution in [-0.4, -0.2) is 34.4 Å². The standard InChI is InChI=1S/C9H7N5O2S/c1-17(15,16)7-5-12-14(6-7)9-2-3-11-8(4-10)13-9/h2-3,5-6H,1H3. The first kappa shape index (κ1) is 11.2. The molecule has 0 radical (unpaired) electrons. The van der Waals surface area contributed by atoms with Crippen LogP contribution in [0.1, 0.15) is 5.82 Å². The Morgan fingerprint density at radius 3 is 2.82 bits per heavy atom. The maximum Gasteiger partial charge on any atom is 0.234 e. The molecule has 8 heteroatoms. The van der Waals surface area contributed by atoms with Gasteiger partial charge in [0.15, 0.2) is 15.7 Å². The van der Waals surface area contributed by atoms with Crippen LogP contribution in [0.2, 0.25) is 0 Å². The van der Waals surface area contributed by atoms with Crippen LogP contribution in [0.4, 0.5) is 0 Å². The number of rotatable bonds is 2. The summed E-state index contributed by atoms with van der Waals surface area (Å²) in [5, 5.41) is 12.5. The Kier molecular flexibility index (Phi) is 2.61. The highest BCUT2D eigenvalue weighted by Gasteiger charge is 2.11. The molecule has 0 N–H and O–H groups in total. The topological polar surface area (TPSA) is 102 Å². The van der Waals surface area contributed by atoms with Crippen molar-refractivity contribution >= 4 is 9.84 Å². The molecule has 0 aliphatic carbocycles. The SMILES string of the molecule is CS(=O)(=O)c1cnn(-c2ccnc(C#N)n2)c1. The summed E-state index contributed by atoms with van der Waals surface area (Å²) in [7, 11) is -3.30. The minimum Gasteiger partial charge on any atom is -0.227 e. The Balaban J connectivity index is 2.48. The van der Waals surface area contributed by atoms with E-state index in [-0.39, 0.29) is 10.7 Å². The number of hydrogen-bond donors (Lipinski definition) is 0. The lowest BCUT2D eigenvalue weighted by Crippen LogP contribution is -2.01. The Morgan fingerprint density at radius 2 is 2.24 bits per heavy atom.